The highest BCUT2D eigenvalue weighted by Gasteiger charge is 2.40. The van der Waals surface area contributed by atoms with Crippen LogP contribution in [0, 0.1) is 0 Å². The molecule has 2 aliphatic heterocycles. The number of nitrogens with zero attached hydrogens (tertiary/aromatic N) is 3. The molecule has 1 saturated heterocycles. The van der Waals surface area contributed by atoms with Gasteiger partial charge in [-0.3, -0.25) is 14.5 Å². The number of thioether (sulfide) groups is 1. The minimum atomic E-state index is -0.219. The lowest BCUT2D eigenvalue weighted by atomic mass is 10.1. The lowest BCUT2D eigenvalue weighted by Gasteiger charge is -2.13. The number of hydrogen-bond acceptors (Lipinski definition) is 4. The summed E-state index contributed by atoms with van der Waals surface area (Å²) in [5.74, 6) is -0.362. The predicted molar refractivity (Wildman–Crippen MR) is 110 cm³/mol. The van der Waals surface area contributed by atoms with Crippen LogP contribution in [0.15, 0.2) is 58.4 Å². The highest BCUT2D eigenvalue weighted by molar-refractivity contribution is 8.18. The van der Waals surface area contributed by atoms with E-state index in [1.807, 2.05) is 31.2 Å². The first-order chi connectivity index (χ1) is 13.0. The molecule has 5 nitrogen and oxygen atoms in total. The van der Waals surface area contributed by atoms with Gasteiger partial charge in [-0.1, -0.05) is 29.8 Å². The van der Waals surface area contributed by atoms with Crippen molar-refractivity contribution >= 4 is 57.3 Å². The molecule has 7 heteroatoms. The van der Waals surface area contributed by atoms with Crippen LogP contribution in [0.3, 0.4) is 0 Å². The van der Waals surface area contributed by atoms with Gasteiger partial charge in [0.1, 0.15) is 0 Å². The van der Waals surface area contributed by atoms with Crippen LogP contribution in [0.2, 0.25) is 5.02 Å². The molecule has 2 aliphatic rings. The summed E-state index contributed by atoms with van der Waals surface area (Å²) in [4.78, 5) is 34.0. The number of hydrogen-bond donors (Lipinski definition) is 0. The maximum Gasteiger partial charge on any atom is 0.267 e. The Labute approximate surface area is 166 Å². The topological polar surface area (TPSA) is 53.0 Å². The Morgan fingerprint density at radius 1 is 1.04 bits per heavy atom. The largest absolute Gasteiger partial charge is 0.308 e. The molecule has 0 spiro atoms. The number of amides is 2. The molecule has 27 heavy (non-hydrogen) atoms. The van der Waals surface area contributed by atoms with Gasteiger partial charge in [0.15, 0.2) is 5.17 Å². The Morgan fingerprint density at radius 2 is 1.74 bits per heavy atom. The normalized spacial score (nSPS) is 20.8. The van der Waals surface area contributed by atoms with Crippen LogP contribution in [0.5, 0.6) is 0 Å². The molecule has 136 valence electrons. The van der Waals surface area contributed by atoms with Gasteiger partial charge < -0.3 is 4.90 Å². The van der Waals surface area contributed by atoms with E-state index in [1.165, 1.54) is 16.7 Å². The van der Waals surface area contributed by atoms with Gasteiger partial charge in [-0.2, -0.15) is 0 Å². The van der Waals surface area contributed by atoms with E-state index in [4.69, 9.17) is 11.6 Å². The van der Waals surface area contributed by atoms with Gasteiger partial charge >= 0.3 is 0 Å². The number of benzene rings is 2. The first-order valence-corrected chi connectivity index (χ1v) is 9.66. The lowest BCUT2D eigenvalue weighted by Crippen LogP contribution is -2.27. The van der Waals surface area contributed by atoms with Crippen molar-refractivity contribution in [2.45, 2.75) is 6.92 Å². The molecule has 0 aromatic heterocycles. The van der Waals surface area contributed by atoms with E-state index in [0.717, 1.165) is 11.3 Å². The molecule has 2 heterocycles. The number of para-hydroxylation sites is 1. The maximum atomic E-state index is 13.0. The second-order valence-corrected chi connectivity index (χ2v) is 7.52. The van der Waals surface area contributed by atoms with Crippen LogP contribution in [-0.4, -0.2) is 35.5 Å². The molecular formula is C20H16ClN3O2S. The van der Waals surface area contributed by atoms with Crippen LogP contribution < -0.4 is 4.90 Å². The summed E-state index contributed by atoms with van der Waals surface area (Å²) in [6, 6.07) is 14.6. The van der Waals surface area contributed by atoms with Gasteiger partial charge in [0.25, 0.3) is 11.8 Å². The molecule has 0 saturated carbocycles. The third kappa shape index (κ3) is 2.95. The van der Waals surface area contributed by atoms with Crippen molar-refractivity contribution in [3.05, 3.63) is 64.0 Å². The molecule has 0 radical (unpaired) electrons. The van der Waals surface area contributed by atoms with Crippen LogP contribution in [-0.2, 0) is 9.59 Å². The zero-order chi connectivity index (χ0) is 19.1. The molecule has 2 aromatic carbocycles. The van der Waals surface area contributed by atoms with Crippen molar-refractivity contribution in [3.63, 3.8) is 0 Å². The highest BCUT2D eigenvalue weighted by Crippen LogP contribution is 2.44. The molecule has 2 aromatic rings. The molecule has 4 rings (SSSR count). The third-order valence-electron chi connectivity index (χ3n) is 4.50. The Morgan fingerprint density at radius 3 is 2.44 bits per heavy atom. The SMILES string of the molecule is CCN1C(=O)C(=C2SC(=Nc3ccc(Cl)cc3)N(C)C2=O)c2ccccc21. The summed E-state index contributed by atoms with van der Waals surface area (Å²) in [5.41, 5.74) is 2.78. The van der Waals surface area contributed by atoms with Crippen molar-refractivity contribution in [1.82, 2.24) is 4.90 Å². The average molecular weight is 398 g/mol. The standard InChI is InChI=1S/C20H16ClN3O2S/c1-3-24-15-7-5-4-6-14(15)16(18(24)25)17-19(26)23(2)20(27-17)22-13-10-8-12(21)9-11-13/h4-11H,3H2,1-2H3. The summed E-state index contributed by atoms with van der Waals surface area (Å²) >= 11 is 7.14. The number of carbonyl (C=O) groups excluding carboxylic acids is 2. The number of anilines is 1. The van der Waals surface area contributed by atoms with Gasteiger partial charge in [-0.15, -0.1) is 0 Å². The van der Waals surface area contributed by atoms with Crippen LogP contribution in [0.1, 0.15) is 12.5 Å². The number of carbonyl (C=O) groups is 2. The zero-order valence-electron chi connectivity index (χ0n) is 14.8. The monoisotopic (exact) mass is 397 g/mol. The number of rotatable bonds is 2. The predicted octanol–water partition coefficient (Wildman–Crippen LogP) is 4.31. The molecule has 0 N–H and O–H groups in total. The minimum absolute atomic E-state index is 0.143. The van der Waals surface area contributed by atoms with E-state index in [1.54, 1.807) is 36.2 Å². The number of fused-ring (bicyclic) bond motifs is 1. The van der Waals surface area contributed by atoms with Gasteiger partial charge in [-0.25, -0.2) is 4.99 Å². The second kappa shape index (κ2) is 6.87. The Balaban J connectivity index is 1.80. The van der Waals surface area contributed by atoms with E-state index in [2.05, 4.69) is 4.99 Å². The van der Waals surface area contributed by atoms with Crippen molar-refractivity contribution in [2.75, 3.05) is 18.5 Å². The molecule has 0 unspecified atom stereocenters. The fourth-order valence-electron chi connectivity index (χ4n) is 3.14. The van der Waals surface area contributed by atoms with E-state index in [-0.39, 0.29) is 11.8 Å². The number of amidine groups is 1. The van der Waals surface area contributed by atoms with Crippen molar-refractivity contribution in [2.24, 2.45) is 4.99 Å². The van der Waals surface area contributed by atoms with E-state index < -0.39 is 0 Å². The van der Waals surface area contributed by atoms with Gasteiger partial charge in [-0.05, 0) is 49.0 Å². The minimum Gasteiger partial charge on any atom is -0.308 e. The first kappa shape index (κ1) is 17.8. The van der Waals surface area contributed by atoms with Gasteiger partial charge in [0.2, 0.25) is 0 Å². The van der Waals surface area contributed by atoms with E-state index in [9.17, 15) is 9.59 Å². The highest BCUT2D eigenvalue weighted by atomic mass is 35.5. The summed E-state index contributed by atoms with van der Waals surface area (Å²) in [7, 11) is 1.67. The molecule has 0 aliphatic carbocycles. The Bertz CT molecular complexity index is 1010. The maximum absolute atomic E-state index is 13.0. The summed E-state index contributed by atoms with van der Waals surface area (Å²) in [6.45, 7) is 2.47. The summed E-state index contributed by atoms with van der Waals surface area (Å²) in [6.07, 6.45) is 0. The molecule has 1 fully saturated rings. The van der Waals surface area contributed by atoms with Crippen molar-refractivity contribution in [1.29, 1.82) is 0 Å². The zero-order valence-corrected chi connectivity index (χ0v) is 16.3. The summed E-state index contributed by atoms with van der Waals surface area (Å²) < 4.78 is 0. The van der Waals surface area contributed by atoms with Crippen molar-refractivity contribution < 1.29 is 9.59 Å². The first-order valence-electron chi connectivity index (χ1n) is 8.47. The fourth-order valence-corrected chi connectivity index (χ4v) is 4.34. The molecule has 0 atom stereocenters. The van der Waals surface area contributed by atoms with Crippen LogP contribution in [0.25, 0.3) is 5.57 Å². The van der Waals surface area contributed by atoms with Gasteiger partial charge in [0.05, 0.1) is 21.9 Å². The van der Waals surface area contributed by atoms with Gasteiger partial charge in [0, 0.05) is 24.2 Å². The summed E-state index contributed by atoms with van der Waals surface area (Å²) in [5, 5.41) is 1.16. The molecule has 2 amide bonds. The third-order valence-corrected chi connectivity index (χ3v) is 5.88. The van der Waals surface area contributed by atoms with Crippen molar-refractivity contribution in [3.8, 4) is 0 Å². The average Bonchev–Trinajstić information content (AvgIpc) is 3.11. The Hall–Kier alpha value is -2.57. The lowest BCUT2D eigenvalue weighted by molar-refractivity contribution is -0.121. The van der Waals surface area contributed by atoms with Crippen LogP contribution >= 0.6 is 23.4 Å². The fraction of sp³-hybridized carbons (Fsp3) is 0.150. The number of likely N-dealkylation sites (N-methyl/N-ethyl adjacent to an activating group) is 2. The smallest absolute Gasteiger partial charge is 0.267 e. The van der Waals surface area contributed by atoms with E-state index in [0.29, 0.717) is 32.9 Å². The quantitative estimate of drug-likeness (QED) is 0.709. The Kier molecular flexibility index (Phi) is 4.53. The molecular weight excluding hydrogens is 382 g/mol. The van der Waals surface area contributed by atoms with E-state index >= 15 is 0 Å². The number of aliphatic imine (C=N–C) groups is 1. The molecule has 0 bridgehead atoms. The number of halogens is 1. The second-order valence-electron chi connectivity index (χ2n) is 6.11. The van der Waals surface area contributed by atoms with Crippen LogP contribution in [0.4, 0.5) is 11.4 Å².